The van der Waals surface area contributed by atoms with Gasteiger partial charge in [0.25, 0.3) is 5.91 Å². The van der Waals surface area contributed by atoms with Gasteiger partial charge in [-0.1, -0.05) is 43.0 Å². The molecule has 1 aliphatic rings. The summed E-state index contributed by atoms with van der Waals surface area (Å²) in [6.45, 7) is -0.341. The van der Waals surface area contributed by atoms with Gasteiger partial charge in [0, 0.05) is 17.5 Å². The van der Waals surface area contributed by atoms with Crippen molar-refractivity contribution in [3.8, 4) is 11.5 Å². The van der Waals surface area contributed by atoms with Crippen LogP contribution in [0.3, 0.4) is 0 Å². The highest BCUT2D eigenvalue weighted by Crippen LogP contribution is 2.24. The van der Waals surface area contributed by atoms with Gasteiger partial charge in [0.05, 0.1) is 5.02 Å². The van der Waals surface area contributed by atoms with Gasteiger partial charge in [-0.25, -0.2) is 9.59 Å². The Balaban J connectivity index is 1.43. The number of nitrogens with one attached hydrogen (secondary N) is 1. The molecule has 8 heteroatoms. The Morgan fingerprint density at radius 3 is 2.62 bits per heavy atom. The van der Waals surface area contributed by atoms with Crippen molar-refractivity contribution in [2.75, 3.05) is 6.61 Å². The molecule has 7 nitrogen and oxygen atoms in total. The average molecular weight is 456 g/mol. The molecule has 4 rings (SSSR count). The van der Waals surface area contributed by atoms with Crippen LogP contribution in [-0.4, -0.2) is 24.5 Å². The van der Waals surface area contributed by atoms with E-state index in [4.69, 9.17) is 25.5 Å². The van der Waals surface area contributed by atoms with E-state index in [2.05, 4.69) is 5.32 Å². The van der Waals surface area contributed by atoms with Gasteiger partial charge in [0.1, 0.15) is 22.6 Å². The van der Waals surface area contributed by atoms with E-state index in [1.165, 1.54) is 18.6 Å². The first-order valence-electron chi connectivity index (χ1n) is 10.5. The van der Waals surface area contributed by atoms with Crippen LogP contribution in [0, 0.1) is 0 Å². The molecule has 0 atom stereocenters. The maximum atomic E-state index is 12.5. The predicted octanol–water partition coefficient (Wildman–Crippen LogP) is 4.49. The fourth-order valence-corrected chi connectivity index (χ4v) is 3.87. The van der Waals surface area contributed by atoms with Crippen LogP contribution >= 0.6 is 11.6 Å². The third kappa shape index (κ3) is 5.29. The molecule has 1 aliphatic carbocycles. The molecule has 1 heterocycles. The molecule has 1 saturated carbocycles. The molecule has 1 amide bonds. The van der Waals surface area contributed by atoms with Gasteiger partial charge in [0.2, 0.25) is 0 Å². The monoisotopic (exact) mass is 455 g/mol. The van der Waals surface area contributed by atoms with E-state index in [9.17, 15) is 14.4 Å². The van der Waals surface area contributed by atoms with Crippen LogP contribution in [0.25, 0.3) is 11.0 Å². The summed E-state index contributed by atoms with van der Waals surface area (Å²) in [7, 11) is 0. The van der Waals surface area contributed by atoms with E-state index >= 15 is 0 Å². The summed E-state index contributed by atoms with van der Waals surface area (Å²) in [5, 5.41) is 3.85. The summed E-state index contributed by atoms with van der Waals surface area (Å²) in [6.07, 6.45) is 5.15. The first-order chi connectivity index (χ1) is 15.5. The van der Waals surface area contributed by atoms with E-state index in [-0.39, 0.29) is 29.5 Å². The van der Waals surface area contributed by atoms with Crippen molar-refractivity contribution in [1.82, 2.24) is 5.32 Å². The Morgan fingerprint density at radius 2 is 1.84 bits per heavy atom. The molecular formula is C24H22ClNO6. The van der Waals surface area contributed by atoms with Gasteiger partial charge in [0.15, 0.2) is 6.61 Å². The number of hydrogen-bond donors (Lipinski definition) is 1. The number of fused-ring (bicyclic) bond motifs is 1. The highest BCUT2D eigenvalue weighted by molar-refractivity contribution is 6.32. The highest BCUT2D eigenvalue weighted by Gasteiger charge is 2.20. The van der Waals surface area contributed by atoms with Gasteiger partial charge >= 0.3 is 11.6 Å². The maximum absolute atomic E-state index is 12.5. The summed E-state index contributed by atoms with van der Waals surface area (Å²) in [5.41, 5.74) is -0.571. The van der Waals surface area contributed by atoms with Crippen molar-refractivity contribution in [1.29, 1.82) is 0 Å². The number of benzene rings is 2. The number of halogens is 1. The van der Waals surface area contributed by atoms with Crippen molar-refractivity contribution in [3.05, 3.63) is 69.5 Å². The van der Waals surface area contributed by atoms with Gasteiger partial charge in [-0.15, -0.1) is 0 Å². The summed E-state index contributed by atoms with van der Waals surface area (Å²) < 4.78 is 15.9. The number of rotatable bonds is 6. The quantitative estimate of drug-likeness (QED) is 0.334. The molecular weight excluding hydrogens is 434 g/mol. The summed E-state index contributed by atoms with van der Waals surface area (Å²) in [6, 6.07) is 13.0. The zero-order valence-electron chi connectivity index (χ0n) is 17.3. The summed E-state index contributed by atoms with van der Waals surface area (Å²) in [5.74, 6) is -0.516. The Labute approximate surface area is 189 Å². The molecule has 0 radical (unpaired) electrons. The number of carbonyl (C=O) groups is 2. The number of ether oxygens (including phenoxy) is 2. The zero-order valence-corrected chi connectivity index (χ0v) is 18.0. The maximum Gasteiger partial charge on any atom is 0.349 e. The first-order valence-corrected chi connectivity index (χ1v) is 10.8. The number of esters is 1. The van der Waals surface area contributed by atoms with Crippen LogP contribution in [0.1, 0.15) is 42.5 Å². The second-order valence-electron chi connectivity index (χ2n) is 7.65. The zero-order chi connectivity index (χ0) is 22.5. The standard InChI is InChI=1S/C24H22ClNO6/c25-19-8-4-5-9-20(19)30-14-22(27)31-17-11-10-15-12-18(24(29)32-21(15)13-17)23(28)26-16-6-2-1-3-7-16/h4-5,8-13,16H,1-3,6-7,14H2,(H,26,28). The van der Waals surface area contributed by atoms with Crippen LogP contribution in [0.2, 0.25) is 5.02 Å². The first kappa shape index (κ1) is 21.9. The molecule has 0 unspecified atom stereocenters. The van der Waals surface area contributed by atoms with E-state index < -0.39 is 17.5 Å². The molecule has 0 saturated heterocycles. The Morgan fingerprint density at radius 1 is 1.06 bits per heavy atom. The molecule has 0 spiro atoms. The third-order valence-electron chi connectivity index (χ3n) is 5.31. The van der Waals surface area contributed by atoms with Crippen molar-refractivity contribution in [3.63, 3.8) is 0 Å². The minimum Gasteiger partial charge on any atom is -0.480 e. The van der Waals surface area contributed by atoms with Crippen LogP contribution in [0.15, 0.2) is 57.7 Å². The van der Waals surface area contributed by atoms with E-state index in [0.717, 1.165) is 25.7 Å². The molecule has 0 bridgehead atoms. The molecule has 166 valence electrons. The van der Waals surface area contributed by atoms with Gasteiger partial charge in [-0.3, -0.25) is 4.79 Å². The van der Waals surface area contributed by atoms with E-state index in [1.807, 2.05) is 0 Å². The molecule has 2 aromatic carbocycles. The molecule has 3 aromatic rings. The molecule has 1 aromatic heterocycles. The smallest absolute Gasteiger partial charge is 0.349 e. The number of hydrogen-bond acceptors (Lipinski definition) is 6. The Bertz CT molecular complexity index is 1200. The van der Waals surface area contributed by atoms with Gasteiger partial charge in [-0.05, 0) is 43.2 Å². The van der Waals surface area contributed by atoms with E-state index in [1.54, 1.807) is 36.4 Å². The van der Waals surface area contributed by atoms with E-state index in [0.29, 0.717) is 16.2 Å². The summed E-state index contributed by atoms with van der Waals surface area (Å²) >= 11 is 5.99. The van der Waals surface area contributed by atoms with Crippen LogP contribution in [0.4, 0.5) is 0 Å². The van der Waals surface area contributed by atoms with Crippen molar-refractivity contribution in [2.24, 2.45) is 0 Å². The lowest BCUT2D eigenvalue weighted by Gasteiger charge is -2.22. The SMILES string of the molecule is O=C(COc1ccccc1Cl)Oc1ccc2cc(C(=O)NC3CCCCC3)c(=O)oc2c1. The van der Waals surface area contributed by atoms with Crippen LogP contribution in [0.5, 0.6) is 11.5 Å². The fourth-order valence-electron chi connectivity index (χ4n) is 3.68. The second kappa shape index (κ2) is 9.87. The lowest BCUT2D eigenvalue weighted by Crippen LogP contribution is -2.38. The highest BCUT2D eigenvalue weighted by atomic mass is 35.5. The normalized spacial score (nSPS) is 14.2. The second-order valence-corrected chi connectivity index (χ2v) is 8.06. The minimum atomic E-state index is -0.740. The number of para-hydroxylation sites is 1. The minimum absolute atomic E-state index is 0.0408. The molecule has 1 fully saturated rings. The van der Waals surface area contributed by atoms with Crippen LogP contribution in [-0.2, 0) is 4.79 Å². The van der Waals surface area contributed by atoms with Crippen molar-refractivity contribution in [2.45, 2.75) is 38.1 Å². The lowest BCUT2D eigenvalue weighted by molar-refractivity contribution is -0.136. The largest absolute Gasteiger partial charge is 0.480 e. The predicted molar refractivity (Wildman–Crippen MR) is 119 cm³/mol. The molecule has 1 N–H and O–H groups in total. The topological polar surface area (TPSA) is 94.8 Å². The fraction of sp³-hybridized carbons (Fsp3) is 0.292. The van der Waals surface area contributed by atoms with Crippen LogP contribution < -0.4 is 20.4 Å². The van der Waals surface area contributed by atoms with Crippen molar-refractivity contribution < 1.29 is 23.5 Å². The van der Waals surface area contributed by atoms with Crippen molar-refractivity contribution >= 4 is 34.4 Å². The Kier molecular flexibility index (Phi) is 6.75. The average Bonchev–Trinajstić information content (AvgIpc) is 2.78. The Hall–Kier alpha value is -3.32. The molecule has 32 heavy (non-hydrogen) atoms. The third-order valence-corrected chi connectivity index (χ3v) is 5.62. The van der Waals surface area contributed by atoms with Gasteiger partial charge in [-0.2, -0.15) is 0 Å². The van der Waals surface area contributed by atoms with Gasteiger partial charge < -0.3 is 19.2 Å². The number of amides is 1. The lowest BCUT2D eigenvalue weighted by atomic mass is 9.95. The molecule has 0 aliphatic heterocycles. The number of carbonyl (C=O) groups excluding carboxylic acids is 2. The summed E-state index contributed by atoms with van der Waals surface area (Å²) in [4.78, 5) is 37.0.